The molecule has 6 aromatic rings. The zero-order chi connectivity index (χ0) is 20.9. The van der Waals surface area contributed by atoms with Crippen molar-refractivity contribution in [3.05, 3.63) is 53.9 Å². The van der Waals surface area contributed by atoms with E-state index >= 15 is 0 Å². The van der Waals surface area contributed by atoms with E-state index in [-0.39, 0.29) is 5.78 Å². The fourth-order valence-corrected chi connectivity index (χ4v) is 4.47. The van der Waals surface area contributed by atoms with Gasteiger partial charge in [-0.2, -0.15) is 10.2 Å². The van der Waals surface area contributed by atoms with Crippen molar-refractivity contribution in [2.24, 2.45) is 0 Å². The van der Waals surface area contributed by atoms with Gasteiger partial charge in [0.05, 0.1) is 28.5 Å². The van der Waals surface area contributed by atoms with Gasteiger partial charge in [-0.05, 0) is 31.2 Å². The fourth-order valence-electron chi connectivity index (χ4n) is 3.54. The van der Waals surface area contributed by atoms with Crippen LogP contribution in [0.1, 0.15) is 16.6 Å². The van der Waals surface area contributed by atoms with Gasteiger partial charge in [-0.25, -0.2) is 9.97 Å². The topological polar surface area (TPSA) is 129 Å². The molecule has 10 heteroatoms. The average Bonchev–Trinajstić information content (AvgIpc) is 3.58. The highest BCUT2D eigenvalue weighted by Crippen LogP contribution is 2.34. The molecule has 6 rings (SSSR count). The maximum atomic E-state index is 11.7. The molecule has 0 aliphatic heterocycles. The largest absolute Gasteiger partial charge is 0.321 e. The molecule has 0 unspecified atom stereocenters. The van der Waals surface area contributed by atoms with Crippen LogP contribution in [-0.2, 0) is 0 Å². The maximum absolute atomic E-state index is 11.7. The van der Waals surface area contributed by atoms with Gasteiger partial charge in [0.15, 0.2) is 17.3 Å². The second-order valence-electron chi connectivity index (χ2n) is 7.04. The minimum atomic E-state index is 0.0503. The maximum Gasteiger partial charge on any atom is 0.169 e. The van der Waals surface area contributed by atoms with E-state index in [1.54, 1.807) is 31.7 Å². The lowest BCUT2D eigenvalue weighted by atomic mass is 10.1. The fraction of sp³-hybridized carbons (Fsp3) is 0.0476. The molecule has 31 heavy (non-hydrogen) atoms. The Morgan fingerprint density at radius 2 is 2.06 bits per heavy atom. The van der Waals surface area contributed by atoms with Crippen molar-refractivity contribution >= 4 is 39.2 Å². The number of aromatic amines is 3. The third-order valence-electron chi connectivity index (χ3n) is 5.07. The minimum absolute atomic E-state index is 0.0503. The highest BCUT2D eigenvalue weighted by molar-refractivity contribution is 7.17. The molecule has 0 aromatic carbocycles. The van der Waals surface area contributed by atoms with Gasteiger partial charge in [0.25, 0.3) is 0 Å². The van der Waals surface area contributed by atoms with Crippen molar-refractivity contribution in [3.8, 4) is 33.2 Å². The number of carbonyl (C=O) groups excluding carboxylic acids is 1. The van der Waals surface area contributed by atoms with Crippen LogP contribution < -0.4 is 0 Å². The number of H-pyrrole nitrogens is 3. The van der Waals surface area contributed by atoms with Crippen molar-refractivity contribution in [3.63, 3.8) is 0 Å². The van der Waals surface area contributed by atoms with Gasteiger partial charge in [-0.1, -0.05) is 0 Å². The molecule has 0 atom stereocenters. The van der Waals surface area contributed by atoms with E-state index in [9.17, 15) is 4.79 Å². The Balaban J connectivity index is 1.50. The summed E-state index contributed by atoms with van der Waals surface area (Å²) < 4.78 is 0. The first-order valence-electron chi connectivity index (χ1n) is 9.47. The predicted molar refractivity (Wildman–Crippen MR) is 118 cm³/mol. The number of pyridine rings is 2. The molecule has 0 amide bonds. The van der Waals surface area contributed by atoms with E-state index < -0.39 is 0 Å². The van der Waals surface area contributed by atoms with Gasteiger partial charge in [0.1, 0.15) is 11.2 Å². The first-order chi connectivity index (χ1) is 15.2. The number of thiophene rings is 1. The Labute approximate surface area is 178 Å². The van der Waals surface area contributed by atoms with Crippen LogP contribution in [0.4, 0.5) is 0 Å². The van der Waals surface area contributed by atoms with E-state index in [1.807, 2.05) is 24.3 Å². The summed E-state index contributed by atoms with van der Waals surface area (Å²) in [7, 11) is 0. The molecule has 6 heterocycles. The second kappa shape index (κ2) is 6.67. The third kappa shape index (κ3) is 2.84. The number of hydrogen-bond acceptors (Lipinski definition) is 7. The predicted octanol–water partition coefficient (Wildman–Crippen LogP) is 4.22. The van der Waals surface area contributed by atoms with Gasteiger partial charge in [-0.15, -0.1) is 11.3 Å². The number of nitrogens with one attached hydrogen (secondary N) is 3. The average molecular weight is 426 g/mol. The van der Waals surface area contributed by atoms with Gasteiger partial charge < -0.3 is 4.98 Å². The summed E-state index contributed by atoms with van der Waals surface area (Å²) in [4.78, 5) is 30.4. The number of aromatic nitrogens is 8. The van der Waals surface area contributed by atoms with E-state index in [1.165, 1.54) is 11.3 Å². The molecular weight excluding hydrogens is 412 g/mol. The number of ketones is 1. The summed E-state index contributed by atoms with van der Waals surface area (Å²) in [6.45, 7) is 1.57. The van der Waals surface area contributed by atoms with Crippen molar-refractivity contribution in [1.29, 1.82) is 0 Å². The molecule has 0 radical (unpaired) electrons. The second-order valence-corrected chi connectivity index (χ2v) is 8.12. The van der Waals surface area contributed by atoms with Crippen molar-refractivity contribution < 1.29 is 4.79 Å². The Kier molecular flexibility index (Phi) is 3.80. The van der Waals surface area contributed by atoms with Gasteiger partial charge >= 0.3 is 0 Å². The first-order valence-corrected chi connectivity index (χ1v) is 10.3. The molecule has 6 aromatic heterocycles. The first kappa shape index (κ1) is 17.7. The van der Waals surface area contributed by atoms with Crippen molar-refractivity contribution in [1.82, 2.24) is 40.3 Å². The standard InChI is InChI=1S/C21H14N8OS/c1-10(30)16-2-3-17(31-16)12-4-5-22-20-18(12)26-21(27-20)19-13-6-14(11-7-24-25-8-11)23-9-15(13)28-29-19/h2-9H,1H3,(H,24,25)(H,28,29)(H,22,26,27). The SMILES string of the molecule is CC(=O)c1ccc(-c2ccnc3[nH]c(-c4n[nH]c5cnc(-c6cn[nH]c6)cc45)nc23)s1. The number of Topliss-reactive ketones (excluding diaryl/α,β-unsaturated/α-hetero) is 1. The highest BCUT2D eigenvalue weighted by atomic mass is 32.1. The Morgan fingerprint density at radius 3 is 2.87 bits per heavy atom. The van der Waals surface area contributed by atoms with E-state index in [0.29, 0.717) is 22.0 Å². The van der Waals surface area contributed by atoms with Crippen LogP contribution in [0.2, 0.25) is 0 Å². The lowest BCUT2D eigenvalue weighted by Crippen LogP contribution is -1.84. The number of hydrogen-bond donors (Lipinski definition) is 3. The summed E-state index contributed by atoms with van der Waals surface area (Å²) in [5.74, 6) is 0.656. The number of rotatable bonds is 4. The molecule has 9 nitrogen and oxygen atoms in total. The highest BCUT2D eigenvalue weighted by Gasteiger charge is 2.18. The van der Waals surface area contributed by atoms with Crippen LogP contribution in [0, 0.1) is 0 Å². The number of imidazole rings is 1. The van der Waals surface area contributed by atoms with Crippen LogP contribution in [0.15, 0.2) is 49.1 Å². The lowest BCUT2D eigenvalue weighted by Gasteiger charge is -1.98. The Hall–Kier alpha value is -4.18. The summed E-state index contributed by atoms with van der Waals surface area (Å²) in [5.41, 5.74) is 5.48. The molecule has 0 aliphatic rings. The monoisotopic (exact) mass is 426 g/mol. The molecule has 0 aliphatic carbocycles. The summed E-state index contributed by atoms with van der Waals surface area (Å²) in [6, 6.07) is 7.65. The van der Waals surface area contributed by atoms with Crippen molar-refractivity contribution in [2.45, 2.75) is 6.92 Å². The van der Waals surface area contributed by atoms with Crippen LogP contribution in [0.25, 0.3) is 55.3 Å². The van der Waals surface area contributed by atoms with E-state index in [0.717, 1.165) is 38.1 Å². The molecule has 0 saturated heterocycles. The Morgan fingerprint density at radius 1 is 1.13 bits per heavy atom. The number of carbonyl (C=O) groups is 1. The molecule has 0 spiro atoms. The van der Waals surface area contributed by atoms with Crippen LogP contribution in [0.3, 0.4) is 0 Å². The molecule has 0 fully saturated rings. The number of nitrogens with zero attached hydrogens (tertiary/aromatic N) is 5. The van der Waals surface area contributed by atoms with Crippen molar-refractivity contribution in [2.75, 3.05) is 0 Å². The molecular formula is C21H14N8OS. The minimum Gasteiger partial charge on any atom is -0.321 e. The van der Waals surface area contributed by atoms with Crippen LogP contribution in [0.5, 0.6) is 0 Å². The van der Waals surface area contributed by atoms with Gasteiger partial charge in [-0.3, -0.25) is 20.0 Å². The zero-order valence-corrected chi connectivity index (χ0v) is 17.0. The normalized spacial score (nSPS) is 11.5. The summed E-state index contributed by atoms with van der Waals surface area (Å²) in [5, 5.41) is 15.2. The van der Waals surface area contributed by atoms with E-state index in [4.69, 9.17) is 4.98 Å². The molecule has 3 N–H and O–H groups in total. The summed E-state index contributed by atoms with van der Waals surface area (Å²) in [6.07, 6.45) is 7.00. The third-order valence-corrected chi connectivity index (χ3v) is 6.29. The van der Waals surface area contributed by atoms with Gasteiger partial charge in [0, 0.05) is 33.8 Å². The van der Waals surface area contributed by atoms with Crippen LogP contribution >= 0.6 is 11.3 Å². The Bertz CT molecular complexity index is 1570. The lowest BCUT2D eigenvalue weighted by molar-refractivity contribution is 0.102. The van der Waals surface area contributed by atoms with Crippen LogP contribution in [-0.4, -0.2) is 46.1 Å². The number of fused-ring (bicyclic) bond motifs is 2. The van der Waals surface area contributed by atoms with E-state index in [2.05, 4.69) is 35.3 Å². The molecule has 0 bridgehead atoms. The van der Waals surface area contributed by atoms with Gasteiger partial charge in [0.2, 0.25) is 0 Å². The smallest absolute Gasteiger partial charge is 0.169 e. The molecule has 0 saturated carbocycles. The zero-order valence-electron chi connectivity index (χ0n) is 16.2. The quantitative estimate of drug-likeness (QED) is 0.362. The summed E-state index contributed by atoms with van der Waals surface area (Å²) >= 11 is 1.45. The molecule has 150 valence electrons.